The largest absolute Gasteiger partial charge is 0.310 e. The molecule has 0 spiro atoms. The minimum absolute atomic E-state index is 0.00167. The number of nitrogens with one attached hydrogen (secondary N) is 1. The van der Waals surface area contributed by atoms with Gasteiger partial charge in [0.1, 0.15) is 11.9 Å². The lowest BCUT2D eigenvalue weighted by Gasteiger charge is -2.20. The lowest BCUT2D eigenvalue weighted by molar-refractivity contribution is -0.119. The fraction of sp³-hybridized carbons (Fsp3) is 0.462. The van der Waals surface area contributed by atoms with E-state index < -0.39 is 0 Å². The second-order valence-electron chi connectivity index (χ2n) is 4.77. The topological polar surface area (TPSA) is 32.3 Å². The SMILES string of the molecule is CNC1C(=O)N(CC(C)C)c2cc(F)ccc21. The van der Waals surface area contributed by atoms with Crippen molar-refractivity contribution >= 4 is 11.6 Å². The van der Waals surface area contributed by atoms with Crippen LogP contribution >= 0.6 is 0 Å². The molecule has 0 aromatic heterocycles. The zero-order chi connectivity index (χ0) is 12.6. The molecule has 1 aromatic carbocycles. The summed E-state index contributed by atoms with van der Waals surface area (Å²) in [6.45, 7) is 4.70. The number of carbonyl (C=O) groups excluding carboxylic acids is 1. The highest BCUT2D eigenvalue weighted by Crippen LogP contribution is 2.36. The van der Waals surface area contributed by atoms with Crippen molar-refractivity contribution in [1.82, 2.24) is 5.32 Å². The summed E-state index contributed by atoms with van der Waals surface area (Å²) in [5.41, 5.74) is 1.56. The number of hydrogen-bond donors (Lipinski definition) is 1. The van der Waals surface area contributed by atoms with Gasteiger partial charge >= 0.3 is 0 Å². The van der Waals surface area contributed by atoms with Crippen LogP contribution in [0.3, 0.4) is 0 Å². The summed E-state index contributed by atoms with van der Waals surface area (Å²) >= 11 is 0. The van der Waals surface area contributed by atoms with E-state index in [0.29, 0.717) is 18.2 Å². The van der Waals surface area contributed by atoms with Gasteiger partial charge in [-0.05, 0) is 25.1 Å². The van der Waals surface area contributed by atoms with Gasteiger partial charge in [0, 0.05) is 12.1 Å². The first-order valence-corrected chi connectivity index (χ1v) is 5.82. The highest BCUT2D eigenvalue weighted by Gasteiger charge is 2.36. The van der Waals surface area contributed by atoms with Crippen LogP contribution in [0.4, 0.5) is 10.1 Å². The summed E-state index contributed by atoms with van der Waals surface area (Å²) in [6.07, 6.45) is 0. The van der Waals surface area contributed by atoms with Gasteiger partial charge < -0.3 is 10.2 Å². The number of anilines is 1. The van der Waals surface area contributed by atoms with E-state index in [2.05, 4.69) is 5.32 Å². The highest BCUT2D eigenvalue weighted by atomic mass is 19.1. The maximum Gasteiger partial charge on any atom is 0.248 e. The fourth-order valence-electron chi connectivity index (χ4n) is 2.23. The first-order valence-electron chi connectivity index (χ1n) is 5.82. The molecule has 1 aromatic rings. The monoisotopic (exact) mass is 236 g/mol. The van der Waals surface area contributed by atoms with Crippen molar-refractivity contribution in [3.63, 3.8) is 0 Å². The number of likely N-dealkylation sites (N-methyl/N-ethyl adjacent to an activating group) is 1. The number of nitrogens with zero attached hydrogens (tertiary/aromatic N) is 1. The minimum Gasteiger partial charge on any atom is -0.310 e. The summed E-state index contributed by atoms with van der Waals surface area (Å²) in [4.78, 5) is 13.9. The van der Waals surface area contributed by atoms with Crippen molar-refractivity contribution in [2.45, 2.75) is 19.9 Å². The quantitative estimate of drug-likeness (QED) is 0.871. The summed E-state index contributed by atoms with van der Waals surface area (Å²) in [7, 11) is 1.74. The van der Waals surface area contributed by atoms with Crippen molar-refractivity contribution < 1.29 is 9.18 Å². The molecule has 1 aliphatic heterocycles. The van der Waals surface area contributed by atoms with Crippen LogP contribution in [0.2, 0.25) is 0 Å². The van der Waals surface area contributed by atoms with Gasteiger partial charge in [-0.25, -0.2) is 4.39 Å². The summed E-state index contributed by atoms with van der Waals surface area (Å²) < 4.78 is 13.3. The first kappa shape index (κ1) is 12.0. The molecule has 1 atom stereocenters. The zero-order valence-corrected chi connectivity index (χ0v) is 10.3. The molecule has 1 amide bonds. The standard InChI is InChI=1S/C13H17FN2O/c1-8(2)7-16-11-6-9(14)4-5-10(11)12(15-3)13(16)17/h4-6,8,12,15H,7H2,1-3H3. The number of benzene rings is 1. The first-order chi connectivity index (χ1) is 8.04. The summed E-state index contributed by atoms with van der Waals surface area (Å²) in [6, 6.07) is 4.18. The Morgan fingerprint density at radius 2 is 2.18 bits per heavy atom. The molecule has 2 rings (SSSR count). The van der Waals surface area contributed by atoms with E-state index >= 15 is 0 Å². The van der Waals surface area contributed by atoms with Gasteiger partial charge in [-0.2, -0.15) is 0 Å². The van der Waals surface area contributed by atoms with Crippen LogP contribution in [0.15, 0.2) is 18.2 Å². The van der Waals surface area contributed by atoms with Gasteiger partial charge in [-0.1, -0.05) is 19.9 Å². The second-order valence-corrected chi connectivity index (χ2v) is 4.77. The normalized spacial score (nSPS) is 19.0. The molecule has 0 saturated heterocycles. The van der Waals surface area contributed by atoms with Crippen LogP contribution in [-0.4, -0.2) is 19.5 Å². The summed E-state index contributed by atoms with van der Waals surface area (Å²) in [5, 5.41) is 2.98. The van der Waals surface area contributed by atoms with Crippen LogP contribution in [0, 0.1) is 11.7 Å². The third-order valence-electron chi connectivity index (χ3n) is 2.94. The van der Waals surface area contributed by atoms with Crippen molar-refractivity contribution in [3.8, 4) is 0 Å². The lowest BCUT2D eigenvalue weighted by atomic mass is 10.1. The maximum atomic E-state index is 13.3. The van der Waals surface area contributed by atoms with E-state index in [1.165, 1.54) is 12.1 Å². The van der Waals surface area contributed by atoms with E-state index in [-0.39, 0.29) is 17.8 Å². The molecule has 92 valence electrons. The van der Waals surface area contributed by atoms with Gasteiger partial charge in [-0.3, -0.25) is 4.79 Å². The van der Waals surface area contributed by atoms with Crippen LogP contribution < -0.4 is 10.2 Å². The van der Waals surface area contributed by atoms with Gasteiger partial charge in [0.05, 0.1) is 5.69 Å². The number of amides is 1. The van der Waals surface area contributed by atoms with Crippen molar-refractivity contribution in [1.29, 1.82) is 0 Å². The molecule has 1 unspecified atom stereocenters. The zero-order valence-electron chi connectivity index (χ0n) is 10.3. The Bertz CT molecular complexity index is 445. The predicted octanol–water partition coefficient (Wildman–Crippen LogP) is 2.09. The molecule has 1 heterocycles. The number of carbonyl (C=O) groups is 1. The third kappa shape index (κ3) is 2.05. The van der Waals surface area contributed by atoms with E-state index in [1.54, 1.807) is 18.0 Å². The molecule has 4 heteroatoms. The van der Waals surface area contributed by atoms with Gasteiger partial charge in [0.15, 0.2) is 0 Å². The Morgan fingerprint density at radius 1 is 1.47 bits per heavy atom. The molecule has 0 bridgehead atoms. The molecule has 0 fully saturated rings. The Balaban J connectivity index is 2.44. The highest BCUT2D eigenvalue weighted by molar-refractivity contribution is 6.04. The molecular weight excluding hydrogens is 219 g/mol. The molecule has 1 aliphatic rings. The Hall–Kier alpha value is -1.42. The van der Waals surface area contributed by atoms with Gasteiger partial charge in [0.25, 0.3) is 0 Å². The molecule has 3 nitrogen and oxygen atoms in total. The fourth-order valence-corrected chi connectivity index (χ4v) is 2.23. The van der Waals surface area contributed by atoms with E-state index in [4.69, 9.17) is 0 Å². The van der Waals surface area contributed by atoms with Crippen molar-refractivity contribution in [2.24, 2.45) is 5.92 Å². The van der Waals surface area contributed by atoms with Gasteiger partial charge in [0.2, 0.25) is 5.91 Å². The van der Waals surface area contributed by atoms with E-state index in [9.17, 15) is 9.18 Å². The lowest BCUT2D eigenvalue weighted by Crippen LogP contribution is -2.35. The van der Waals surface area contributed by atoms with Crippen LogP contribution in [0.1, 0.15) is 25.5 Å². The van der Waals surface area contributed by atoms with Crippen molar-refractivity contribution in [2.75, 3.05) is 18.5 Å². The van der Waals surface area contributed by atoms with Crippen molar-refractivity contribution in [3.05, 3.63) is 29.6 Å². The average molecular weight is 236 g/mol. The smallest absolute Gasteiger partial charge is 0.248 e. The Kier molecular flexibility index (Phi) is 3.15. The molecule has 1 N–H and O–H groups in total. The predicted molar refractivity (Wildman–Crippen MR) is 65.4 cm³/mol. The van der Waals surface area contributed by atoms with Crippen LogP contribution in [0.25, 0.3) is 0 Å². The number of hydrogen-bond acceptors (Lipinski definition) is 2. The van der Waals surface area contributed by atoms with Gasteiger partial charge in [-0.15, -0.1) is 0 Å². The molecule has 17 heavy (non-hydrogen) atoms. The van der Waals surface area contributed by atoms with E-state index in [0.717, 1.165) is 5.56 Å². The third-order valence-corrected chi connectivity index (χ3v) is 2.94. The Labute approximate surface area is 101 Å². The van der Waals surface area contributed by atoms with Crippen LogP contribution in [0.5, 0.6) is 0 Å². The number of halogens is 1. The summed E-state index contributed by atoms with van der Waals surface area (Å²) in [5.74, 6) is 0.0505. The average Bonchev–Trinajstić information content (AvgIpc) is 2.51. The molecular formula is C13H17FN2O. The molecule has 0 saturated carbocycles. The maximum absolute atomic E-state index is 13.3. The number of fused-ring (bicyclic) bond motifs is 1. The second kappa shape index (κ2) is 4.45. The molecule has 0 radical (unpaired) electrons. The number of rotatable bonds is 3. The molecule has 0 aliphatic carbocycles. The van der Waals surface area contributed by atoms with Crippen LogP contribution in [-0.2, 0) is 4.79 Å². The Morgan fingerprint density at radius 3 is 2.76 bits per heavy atom. The minimum atomic E-state index is -0.343. The van der Waals surface area contributed by atoms with E-state index in [1.807, 2.05) is 13.8 Å².